The average molecular weight is 435 g/mol. The molecule has 3 rings (SSSR count). The Hall–Kier alpha value is -0.880. The quantitative estimate of drug-likeness (QED) is 0.750. The van der Waals surface area contributed by atoms with Crippen molar-refractivity contribution in [2.75, 3.05) is 6.54 Å². The molecule has 4 nitrogen and oxygen atoms in total. The van der Waals surface area contributed by atoms with E-state index in [0.29, 0.717) is 11.6 Å². The molecule has 2 aromatic rings. The van der Waals surface area contributed by atoms with E-state index in [9.17, 15) is 4.79 Å². The van der Waals surface area contributed by atoms with Crippen LogP contribution in [0.5, 0.6) is 0 Å². The van der Waals surface area contributed by atoms with Crippen molar-refractivity contribution < 1.29 is 4.79 Å². The Balaban J connectivity index is 0.00000144. The van der Waals surface area contributed by atoms with Crippen LogP contribution in [-0.2, 0) is 0 Å². The van der Waals surface area contributed by atoms with E-state index in [1.165, 1.54) is 0 Å². The zero-order valence-corrected chi connectivity index (χ0v) is 16.9. The fourth-order valence-electron chi connectivity index (χ4n) is 3.01. The zero-order chi connectivity index (χ0) is 15.7. The van der Waals surface area contributed by atoms with Crippen molar-refractivity contribution in [2.45, 2.75) is 38.8 Å². The van der Waals surface area contributed by atoms with Crippen LogP contribution in [0, 0.1) is 6.92 Å². The first-order valence-corrected chi connectivity index (χ1v) is 8.45. The Morgan fingerprint density at radius 3 is 2.79 bits per heavy atom. The summed E-state index contributed by atoms with van der Waals surface area (Å²) >= 11 is 3.47. The molecular formula is C17H22BrCl2N3O. The highest BCUT2D eigenvalue weighted by Gasteiger charge is 2.23. The van der Waals surface area contributed by atoms with Gasteiger partial charge in [0.1, 0.15) is 0 Å². The summed E-state index contributed by atoms with van der Waals surface area (Å²) in [5.74, 6) is -0.0193. The van der Waals surface area contributed by atoms with Gasteiger partial charge < -0.3 is 10.6 Å². The molecule has 0 bridgehead atoms. The highest BCUT2D eigenvalue weighted by atomic mass is 79.9. The van der Waals surface area contributed by atoms with Gasteiger partial charge in [-0.2, -0.15) is 0 Å². The number of carbonyl (C=O) groups is 1. The van der Waals surface area contributed by atoms with Crippen LogP contribution in [0.4, 0.5) is 0 Å². The first-order chi connectivity index (χ1) is 10.5. The molecule has 2 N–H and O–H groups in total. The van der Waals surface area contributed by atoms with E-state index in [4.69, 9.17) is 0 Å². The van der Waals surface area contributed by atoms with E-state index in [1.807, 2.05) is 31.2 Å². The lowest BCUT2D eigenvalue weighted by atomic mass is 9.99. The lowest BCUT2D eigenvalue weighted by Crippen LogP contribution is -2.51. The Labute approximate surface area is 163 Å². The summed E-state index contributed by atoms with van der Waals surface area (Å²) in [6.07, 6.45) is 2.11. The van der Waals surface area contributed by atoms with Crippen LogP contribution in [0.15, 0.2) is 28.7 Å². The van der Waals surface area contributed by atoms with Gasteiger partial charge in [-0.25, -0.2) is 0 Å². The van der Waals surface area contributed by atoms with Crippen molar-refractivity contribution in [3.8, 4) is 0 Å². The topological polar surface area (TPSA) is 54.0 Å². The van der Waals surface area contributed by atoms with Crippen LogP contribution in [0.2, 0.25) is 0 Å². The van der Waals surface area contributed by atoms with Gasteiger partial charge in [-0.1, -0.05) is 15.9 Å². The normalized spacial score (nSPS) is 20.0. The third kappa shape index (κ3) is 4.60. The molecule has 2 heterocycles. The molecule has 2 unspecified atom stereocenters. The van der Waals surface area contributed by atoms with Gasteiger partial charge in [-0.15, -0.1) is 24.8 Å². The molecule has 1 aliphatic heterocycles. The van der Waals surface area contributed by atoms with Gasteiger partial charge in [0.05, 0.1) is 11.1 Å². The monoisotopic (exact) mass is 433 g/mol. The summed E-state index contributed by atoms with van der Waals surface area (Å²) < 4.78 is 0.951. The Morgan fingerprint density at radius 2 is 2.08 bits per heavy atom. The van der Waals surface area contributed by atoms with Crippen LogP contribution in [0.25, 0.3) is 10.9 Å². The molecule has 1 aliphatic rings. The van der Waals surface area contributed by atoms with Crippen molar-refractivity contribution in [1.29, 1.82) is 0 Å². The minimum Gasteiger partial charge on any atom is -0.348 e. The molecule has 0 radical (unpaired) electrons. The van der Waals surface area contributed by atoms with Crippen molar-refractivity contribution in [3.63, 3.8) is 0 Å². The van der Waals surface area contributed by atoms with Crippen molar-refractivity contribution in [3.05, 3.63) is 40.0 Å². The van der Waals surface area contributed by atoms with E-state index >= 15 is 0 Å². The molecule has 0 spiro atoms. The Kier molecular flexibility index (Phi) is 7.93. The van der Waals surface area contributed by atoms with Gasteiger partial charge in [0.2, 0.25) is 0 Å². The first kappa shape index (κ1) is 21.2. The molecule has 1 saturated heterocycles. The van der Waals surface area contributed by atoms with E-state index in [-0.39, 0.29) is 36.8 Å². The van der Waals surface area contributed by atoms with Crippen LogP contribution in [0.3, 0.4) is 0 Å². The molecule has 1 aromatic carbocycles. The van der Waals surface area contributed by atoms with Gasteiger partial charge in [0.25, 0.3) is 5.91 Å². The van der Waals surface area contributed by atoms with Crippen LogP contribution in [-0.4, -0.2) is 29.5 Å². The number of carbonyl (C=O) groups excluding carboxylic acids is 1. The smallest absolute Gasteiger partial charge is 0.252 e. The number of hydrogen-bond donors (Lipinski definition) is 2. The highest BCUT2D eigenvalue weighted by molar-refractivity contribution is 9.10. The predicted octanol–water partition coefficient (Wildman–Crippen LogP) is 4.02. The molecule has 1 aromatic heterocycles. The third-order valence-electron chi connectivity index (χ3n) is 4.22. The number of nitrogens with zero attached hydrogens (tertiary/aromatic N) is 1. The number of halogens is 3. The lowest BCUT2D eigenvalue weighted by molar-refractivity contribution is 0.0921. The molecule has 132 valence electrons. The maximum Gasteiger partial charge on any atom is 0.252 e. The maximum atomic E-state index is 12.8. The van der Waals surface area contributed by atoms with Gasteiger partial charge in [-0.3, -0.25) is 9.78 Å². The van der Waals surface area contributed by atoms with Crippen molar-refractivity contribution >= 4 is 57.6 Å². The Bertz CT molecular complexity index is 726. The lowest BCUT2D eigenvalue weighted by Gasteiger charge is -2.30. The predicted molar refractivity (Wildman–Crippen MR) is 107 cm³/mol. The van der Waals surface area contributed by atoms with Crippen LogP contribution >= 0.6 is 40.7 Å². The number of piperidine rings is 1. The molecule has 0 aliphatic carbocycles. The number of pyridine rings is 1. The van der Waals surface area contributed by atoms with Gasteiger partial charge >= 0.3 is 0 Å². The van der Waals surface area contributed by atoms with Crippen LogP contribution in [0.1, 0.15) is 35.8 Å². The van der Waals surface area contributed by atoms with E-state index < -0.39 is 0 Å². The van der Waals surface area contributed by atoms with Gasteiger partial charge in [0.15, 0.2) is 0 Å². The number of aryl methyl sites for hydroxylation is 1. The number of rotatable bonds is 2. The summed E-state index contributed by atoms with van der Waals surface area (Å²) in [5.41, 5.74) is 2.40. The molecule has 0 saturated carbocycles. The third-order valence-corrected chi connectivity index (χ3v) is 4.71. The van der Waals surface area contributed by atoms with Crippen LogP contribution < -0.4 is 10.6 Å². The Morgan fingerprint density at radius 1 is 1.33 bits per heavy atom. The van der Waals surface area contributed by atoms with E-state index in [2.05, 4.69) is 38.5 Å². The molecule has 2 atom stereocenters. The summed E-state index contributed by atoms with van der Waals surface area (Å²) in [7, 11) is 0. The average Bonchev–Trinajstić information content (AvgIpc) is 2.49. The second-order valence-electron chi connectivity index (χ2n) is 5.94. The van der Waals surface area contributed by atoms with E-state index in [0.717, 1.165) is 40.5 Å². The second-order valence-corrected chi connectivity index (χ2v) is 6.85. The number of aromatic nitrogens is 1. The second kappa shape index (κ2) is 8.99. The molecule has 24 heavy (non-hydrogen) atoms. The minimum absolute atomic E-state index is 0. The summed E-state index contributed by atoms with van der Waals surface area (Å²) in [5, 5.41) is 7.47. The first-order valence-electron chi connectivity index (χ1n) is 7.66. The number of benzene rings is 1. The van der Waals surface area contributed by atoms with Crippen molar-refractivity contribution in [1.82, 2.24) is 15.6 Å². The molecule has 7 heteroatoms. The molecular weight excluding hydrogens is 413 g/mol. The molecule has 1 amide bonds. The standard InChI is InChI=1S/C17H20BrN3O.2ClH/c1-10-8-14(13-9-12(18)5-6-16(13)20-10)17(22)21-15-4-3-7-19-11(15)2;;/h5-6,8-9,11,15,19H,3-4,7H2,1-2H3,(H,21,22);2*1H. The number of nitrogens with one attached hydrogen (secondary N) is 2. The zero-order valence-electron chi connectivity index (χ0n) is 13.6. The summed E-state index contributed by atoms with van der Waals surface area (Å²) in [6.45, 7) is 5.07. The summed E-state index contributed by atoms with van der Waals surface area (Å²) in [4.78, 5) is 17.3. The summed E-state index contributed by atoms with van der Waals surface area (Å²) in [6, 6.07) is 8.19. The fraction of sp³-hybridized carbons (Fsp3) is 0.412. The van der Waals surface area contributed by atoms with Gasteiger partial charge in [-0.05, 0) is 57.5 Å². The van der Waals surface area contributed by atoms with Crippen molar-refractivity contribution in [2.24, 2.45) is 0 Å². The highest BCUT2D eigenvalue weighted by Crippen LogP contribution is 2.23. The minimum atomic E-state index is -0.0193. The van der Waals surface area contributed by atoms with E-state index in [1.54, 1.807) is 0 Å². The number of fused-ring (bicyclic) bond motifs is 1. The number of hydrogen-bond acceptors (Lipinski definition) is 3. The largest absolute Gasteiger partial charge is 0.348 e. The SMILES string of the molecule is Cc1cc(C(=O)NC2CCCNC2C)c2cc(Br)ccc2n1.Cl.Cl. The maximum absolute atomic E-state index is 12.8. The molecule has 1 fully saturated rings. The van der Waals surface area contributed by atoms with Gasteiger partial charge in [0, 0.05) is 27.6 Å². The number of amides is 1. The fourth-order valence-corrected chi connectivity index (χ4v) is 3.37.